The van der Waals surface area contributed by atoms with Crippen LogP contribution in [0.15, 0.2) is 46.9 Å². The van der Waals surface area contributed by atoms with Crippen LogP contribution in [0.3, 0.4) is 0 Å². The maximum atomic E-state index is 11.8. The third kappa shape index (κ3) is 5.35. The molecule has 1 N–H and O–H groups in total. The van der Waals surface area contributed by atoms with Gasteiger partial charge in [0.25, 0.3) is 0 Å². The van der Waals surface area contributed by atoms with Gasteiger partial charge in [0.1, 0.15) is 12.4 Å². The van der Waals surface area contributed by atoms with Crippen molar-refractivity contribution in [2.45, 2.75) is 13.3 Å². The van der Waals surface area contributed by atoms with Gasteiger partial charge in [0.2, 0.25) is 5.91 Å². The lowest BCUT2D eigenvalue weighted by Crippen LogP contribution is -2.29. The van der Waals surface area contributed by atoms with Crippen molar-refractivity contribution in [3.63, 3.8) is 0 Å². The van der Waals surface area contributed by atoms with Crippen LogP contribution in [-0.2, 0) is 11.2 Å². The van der Waals surface area contributed by atoms with Crippen molar-refractivity contribution in [2.24, 2.45) is 0 Å². The lowest BCUT2D eigenvalue weighted by Gasteiger charge is -2.09. The first-order valence-electron chi connectivity index (χ1n) is 6.94. The fourth-order valence-electron chi connectivity index (χ4n) is 1.92. The van der Waals surface area contributed by atoms with E-state index in [1.54, 1.807) is 6.07 Å². The zero-order chi connectivity index (χ0) is 15.9. The van der Waals surface area contributed by atoms with Gasteiger partial charge in [-0.3, -0.25) is 4.79 Å². The molecule has 22 heavy (non-hydrogen) atoms. The van der Waals surface area contributed by atoms with Crippen LogP contribution >= 0.6 is 27.5 Å². The molecule has 0 aliphatic heterocycles. The molecule has 3 nitrogen and oxygen atoms in total. The van der Waals surface area contributed by atoms with Gasteiger partial charge >= 0.3 is 0 Å². The summed E-state index contributed by atoms with van der Waals surface area (Å²) in [6, 6.07) is 13.3. The van der Waals surface area contributed by atoms with Crippen molar-refractivity contribution in [2.75, 3.05) is 13.2 Å². The van der Waals surface area contributed by atoms with Gasteiger partial charge in [-0.2, -0.15) is 0 Å². The van der Waals surface area contributed by atoms with Crippen LogP contribution < -0.4 is 10.1 Å². The highest BCUT2D eigenvalue weighted by Crippen LogP contribution is 2.21. The van der Waals surface area contributed by atoms with E-state index < -0.39 is 0 Å². The summed E-state index contributed by atoms with van der Waals surface area (Å²) >= 11 is 9.42. The zero-order valence-electron chi connectivity index (χ0n) is 12.2. The highest BCUT2D eigenvalue weighted by molar-refractivity contribution is 9.10. The van der Waals surface area contributed by atoms with Crippen LogP contribution in [0.25, 0.3) is 0 Å². The van der Waals surface area contributed by atoms with E-state index in [0.717, 1.165) is 15.6 Å². The second kappa shape index (κ2) is 8.20. The van der Waals surface area contributed by atoms with E-state index in [4.69, 9.17) is 16.3 Å². The number of rotatable bonds is 6. The van der Waals surface area contributed by atoms with Gasteiger partial charge in [-0.05, 0) is 42.3 Å². The van der Waals surface area contributed by atoms with Crippen LogP contribution in [0, 0.1) is 6.92 Å². The maximum absolute atomic E-state index is 11.8. The average Bonchev–Trinajstić information content (AvgIpc) is 2.47. The zero-order valence-corrected chi connectivity index (χ0v) is 14.6. The van der Waals surface area contributed by atoms with Gasteiger partial charge in [0.05, 0.1) is 13.0 Å². The number of ether oxygens (including phenoxy) is 1. The fraction of sp³-hybridized carbons (Fsp3) is 0.235. The van der Waals surface area contributed by atoms with Gasteiger partial charge in [-0.1, -0.05) is 45.7 Å². The topological polar surface area (TPSA) is 38.3 Å². The molecule has 0 aliphatic carbocycles. The third-order valence-electron chi connectivity index (χ3n) is 3.09. The van der Waals surface area contributed by atoms with Crippen LogP contribution in [-0.4, -0.2) is 19.1 Å². The molecule has 2 aromatic carbocycles. The minimum atomic E-state index is -0.0244. The second-order valence-corrected chi connectivity index (χ2v) is 6.24. The van der Waals surface area contributed by atoms with E-state index in [2.05, 4.69) is 21.2 Å². The van der Waals surface area contributed by atoms with Gasteiger partial charge in [0, 0.05) is 9.50 Å². The Kier molecular flexibility index (Phi) is 6.28. The average molecular weight is 383 g/mol. The SMILES string of the molecule is Cc1ccc(OCCNC(=O)Cc2cccc(Br)c2)cc1Cl. The molecular weight excluding hydrogens is 366 g/mol. The van der Waals surface area contributed by atoms with Crippen molar-refractivity contribution in [1.29, 1.82) is 0 Å². The minimum absolute atomic E-state index is 0.0244. The molecule has 0 radical (unpaired) electrons. The Hall–Kier alpha value is -1.52. The molecule has 0 heterocycles. The largest absolute Gasteiger partial charge is 0.492 e. The van der Waals surface area contributed by atoms with Crippen molar-refractivity contribution in [3.05, 3.63) is 63.1 Å². The maximum Gasteiger partial charge on any atom is 0.224 e. The summed E-state index contributed by atoms with van der Waals surface area (Å²) in [5.74, 6) is 0.681. The second-order valence-electron chi connectivity index (χ2n) is 4.92. The molecule has 1 amide bonds. The smallest absolute Gasteiger partial charge is 0.224 e. The molecule has 116 valence electrons. The molecule has 0 unspecified atom stereocenters. The summed E-state index contributed by atoms with van der Waals surface area (Å²) in [4.78, 5) is 11.8. The molecule has 0 aliphatic rings. The lowest BCUT2D eigenvalue weighted by molar-refractivity contribution is -0.120. The van der Waals surface area contributed by atoms with Crippen LogP contribution in [0.2, 0.25) is 5.02 Å². The lowest BCUT2D eigenvalue weighted by atomic mass is 10.1. The molecule has 0 spiro atoms. The molecular formula is C17H17BrClNO2. The van der Waals surface area contributed by atoms with E-state index in [1.165, 1.54) is 0 Å². The standard InChI is InChI=1S/C17H17BrClNO2/c1-12-5-6-15(11-16(12)19)22-8-7-20-17(21)10-13-3-2-4-14(18)9-13/h2-6,9,11H,7-8,10H2,1H3,(H,20,21). The predicted octanol–water partition coefficient (Wildman–Crippen LogP) is 4.15. The number of hydrogen-bond donors (Lipinski definition) is 1. The quantitative estimate of drug-likeness (QED) is 0.762. The third-order valence-corrected chi connectivity index (χ3v) is 3.99. The number of carbonyl (C=O) groups is 1. The Labute approximate surface area is 143 Å². The first kappa shape index (κ1) is 16.8. The molecule has 0 atom stereocenters. The van der Waals surface area contributed by atoms with Crippen molar-refractivity contribution in [1.82, 2.24) is 5.32 Å². The predicted molar refractivity (Wildman–Crippen MR) is 92.5 cm³/mol. The first-order chi connectivity index (χ1) is 10.5. The molecule has 2 rings (SSSR count). The fourth-order valence-corrected chi connectivity index (χ4v) is 2.53. The van der Waals surface area contributed by atoms with Gasteiger partial charge in [-0.15, -0.1) is 0 Å². The Morgan fingerprint density at radius 3 is 2.82 bits per heavy atom. The normalized spacial score (nSPS) is 10.3. The summed E-state index contributed by atoms with van der Waals surface area (Å²) in [6.07, 6.45) is 0.357. The van der Waals surface area contributed by atoms with Gasteiger partial charge in [-0.25, -0.2) is 0 Å². The Bertz CT molecular complexity index is 661. The first-order valence-corrected chi connectivity index (χ1v) is 8.12. The minimum Gasteiger partial charge on any atom is -0.492 e. The number of amides is 1. The van der Waals surface area contributed by atoms with Crippen molar-refractivity contribution >= 4 is 33.4 Å². The summed E-state index contributed by atoms with van der Waals surface area (Å²) in [7, 11) is 0. The number of carbonyl (C=O) groups excluding carboxylic acids is 1. The molecule has 5 heteroatoms. The Morgan fingerprint density at radius 2 is 2.09 bits per heavy atom. The van der Waals surface area contributed by atoms with Crippen LogP contribution in [0.5, 0.6) is 5.75 Å². The van der Waals surface area contributed by atoms with E-state index >= 15 is 0 Å². The number of aryl methyl sites for hydroxylation is 1. The number of hydrogen-bond acceptors (Lipinski definition) is 2. The van der Waals surface area contributed by atoms with Crippen LogP contribution in [0.1, 0.15) is 11.1 Å². The highest BCUT2D eigenvalue weighted by atomic mass is 79.9. The van der Waals surface area contributed by atoms with Crippen LogP contribution in [0.4, 0.5) is 0 Å². The van der Waals surface area contributed by atoms with E-state index in [9.17, 15) is 4.79 Å². The van der Waals surface area contributed by atoms with E-state index in [-0.39, 0.29) is 5.91 Å². The monoisotopic (exact) mass is 381 g/mol. The summed E-state index contributed by atoms with van der Waals surface area (Å²) < 4.78 is 6.52. The molecule has 0 saturated heterocycles. The Morgan fingerprint density at radius 1 is 1.27 bits per heavy atom. The molecule has 0 saturated carbocycles. The van der Waals surface area contributed by atoms with Crippen molar-refractivity contribution in [3.8, 4) is 5.75 Å². The summed E-state index contributed by atoms with van der Waals surface area (Å²) in [5.41, 5.74) is 1.98. The molecule has 0 bridgehead atoms. The summed E-state index contributed by atoms with van der Waals surface area (Å²) in [6.45, 7) is 2.80. The summed E-state index contributed by atoms with van der Waals surface area (Å²) in [5, 5.41) is 3.51. The Balaban J connectivity index is 1.72. The number of benzene rings is 2. The number of halogens is 2. The van der Waals surface area contributed by atoms with Gasteiger partial charge < -0.3 is 10.1 Å². The molecule has 0 fully saturated rings. The van der Waals surface area contributed by atoms with Crippen molar-refractivity contribution < 1.29 is 9.53 Å². The van der Waals surface area contributed by atoms with E-state index in [1.807, 2.05) is 43.3 Å². The molecule has 0 aromatic heterocycles. The highest BCUT2D eigenvalue weighted by Gasteiger charge is 2.04. The number of nitrogens with one attached hydrogen (secondary N) is 1. The van der Waals surface area contributed by atoms with E-state index in [0.29, 0.717) is 30.3 Å². The van der Waals surface area contributed by atoms with Gasteiger partial charge in [0.15, 0.2) is 0 Å². The molecule has 2 aromatic rings.